The lowest BCUT2D eigenvalue weighted by atomic mass is 10.2. The predicted molar refractivity (Wildman–Crippen MR) is 64.5 cm³/mol. The van der Waals surface area contributed by atoms with Crippen LogP contribution in [0.1, 0.15) is 33.6 Å². The topological polar surface area (TPSA) is 12.0 Å². The van der Waals surface area contributed by atoms with E-state index in [4.69, 9.17) is 0 Å². The molecule has 1 unspecified atom stereocenters. The minimum absolute atomic E-state index is 0.378. The molecule has 1 N–H and O–H groups in total. The van der Waals surface area contributed by atoms with Gasteiger partial charge in [-0.15, -0.1) is 6.58 Å². The molecule has 0 spiro atoms. The molecular formula is C11H23NS. The molecule has 1 nitrogen and oxygen atoms in total. The molecule has 0 fully saturated rings. The number of thioether (sulfide) groups is 1. The van der Waals surface area contributed by atoms with Crippen LogP contribution in [0.5, 0.6) is 0 Å². The Kier molecular flexibility index (Phi) is 6.52. The smallest absolute Gasteiger partial charge is 0.0158 e. The van der Waals surface area contributed by atoms with Gasteiger partial charge in [0.2, 0.25) is 0 Å². The maximum absolute atomic E-state index is 3.74. The van der Waals surface area contributed by atoms with E-state index in [1.54, 1.807) is 0 Å². The van der Waals surface area contributed by atoms with Crippen LogP contribution >= 0.6 is 11.8 Å². The summed E-state index contributed by atoms with van der Waals surface area (Å²) < 4.78 is 0.378. The van der Waals surface area contributed by atoms with E-state index in [-0.39, 0.29) is 0 Å². The maximum Gasteiger partial charge on any atom is 0.0158 e. The fourth-order valence-corrected chi connectivity index (χ4v) is 2.02. The zero-order valence-corrected chi connectivity index (χ0v) is 10.2. The highest BCUT2D eigenvalue weighted by molar-refractivity contribution is 8.00. The zero-order valence-electron chi connectivity index (χ0n) is 9.39. The fourth-order valence-electron chi connectivity index (χ4n) is 0.981. The molecule has 0 aromatic heterocycles. The van der Waals surface area contributed by atoms with Gasteiger partial charge in [0.25, 0.3) is 0 Å². The summed E-state index contributed by atoms with van der Waals surface area (Å²) in [5.74, 6) is 1.19. The van der Waals surface area contributed by atoms with Crippen molar-refractivity contribution in [3.8, 4) is 0 Å². The summed E-state index contributed by atoms with van der Waals surface area (Å²) >= 11 is 2.02. The van der Waals surface area contributed by atoms with Gasteiger partial charge in [-0.2, -0.15) is 11.8 Å². The van der Waals surface area contributed by atoms with E-state index in [1.165, 1.54) is 12.2 Å². The number of hydrogen-bond acceptors (Lipinski definition) is 2. The molecule has 0 aliphatic carbocycles. The summed E-state index contributed by atoms with van der Waals surface area (Å²) in [6, 6.07) is 0.627. The van der Waals surface area contributed by atoms with Crippen molar-refractivity contribution >= 4 is 11.8 Å². The normalized spacial score (nSPS) is 14.2. The third kappa shape index (κ3) is 8.38. The monoisotopic (exact) mass is 201 g/mol. The first-order valence-electron chi connectivity index (χ1n) is 4.91. The molecule has 0 radical (unpaired) electrons. The molecule has 0 saturated heterocycles. The molecule has 0 aromatic rings. The van der Waals surface area contributed by atoms with Crippen LogP contribution in [-0.4, -0.2) is 23.6 Å². The van der Waals surface area contributed by atoms with Crippen molar-refractivity contribution in [1.29, 1.82) is 0 Å². The molecule has 1 atom stereocenters. The highest BCUT2D eigenvalue weighted by atomic mass is 32.2. The Morgan fingerprint density at radius 3 is 2.46 bits per heavy atom. The van der Waals surface area contributed by atoms with Crippen LogP contribution in [0.25, 0.3) is 0 Å². The van der Waals surface area contributed by atoms with Crippen molar-refractivity contribution in [2.45, 2.75) is 44.4 Å². The lowest BCUT2D eigenvalue weighted by Gasteiger charge is -2.22. The number of rotatable bonds is 6. The standard InChI is InChI=1S/C11H23NS/c1-6-7-8-10(12-5)9-13-11(2,3)4/h6,10,12H,1,7-9H2,2-5H3. The number of hydrogen-bond donors (Lipinski definition) is 1. The average molecular weight is 201 g/mol. The molecule has 2 heteroatoms. The molecule has 0 saturated carbocycles. The molecule has 0 rings (SSSR count). The minimum Gasteiger partial charge on any atom is -0.316 e. The van der Waals surface area contributed by atoms with Gasteiger partial charge in [-0.3, -0.25) is 0 Å². The molecule has 78 valence electrons. The van der Waals surface area contributed by atoms with Gasteiger partial charge in [0.05, 0.1) is 0 Å². The fraction of sp³-hybridized carbons (Fsp3) is 0.818. The van der Waals surface area contributed by atoms with Gasteiger partial charge < -0.3 is 5.32 Å². The Morgan fingerprint density at radius 2 is 2.08 bits per heavy atom. The second-order valence-electron chi connectivity index (χ2n) is 4.28. The van der Waals surface area contributed by atoms with Crippen molar-refractivity contribution < 1.29 is 0 Å². The van der Waals surface area contributed by atoms with Crippen LogP contribution in [0.2, 0.25) is 0 Å². The predicted octanol–water partition coefficient (Wildman–Crippen LogP) is 3.07. The molecular weight excluding hydrogens is 178 g/mol. The van der Waals surface area contributed by atoms with Gasteiger partial charge in [-0.05, 0) is 19.9 Å². The third-order valence-electron chi connectivity index (χ3n) is 1.85. The van der Waals surface area contributed by atoms with E-state index in [0.717, 1.165) is 6.42 Å². The van der Waals surface area contributed by atoms with Crippen LogP contribution in [0.15, 0.2) is 12.7 Å². The highest BCUT2D eigenvalue weighted by Crippen LogP contribution is 2.24. The number of nitrogens with one attached hydrogen (secondary N) is 1. The third-order valence-corrected chi connectivity index (χ3v) is 3.28. The van der Waals surface area contributed by atoms with Crippen molar-refractivity contribution in [2.24, 2.45) is 0 Å². The van der Waals surface area contributed by atoms with E-state index in [0.29, 0.717) is 10.8 Å². The summed E-state index contributed by atoms with van der Waals surface area (Å²) in [5, 5.41) is 3.34. The molecule has 0 heterocycles. The molecule has 0 aromatic carbocycles. The summed E-state index contributed by atoms with van der Waals surface area (Å²) in [6.45, 7) is 10.5. The van der Waals surface area contributed by atoms with Gasteiger partial charge in [-0.1, -0.05) is 26.8 Å². The van der Waals surface area contributed by atoms with E-state index < -0.39 is 0 Å². The van der Waals surface area contributed by atoms with E-state index in [1.807, 2.05) is 24.9 Å². The van der Waals surface area contributed by atoms with Crippen molar-refractivity contribution in [3.63, 3.8) is 0 Å². The first-order chi connectivity index (χ1) is 5.99. The number of allylic oxidation sites excluding steroid dienone is 1. The van der Waals surface area contributed by atoms with Crippen molar-refractivity contribution in [3.05, 3.63) is 12.7 Å². The second-order valence-corrected chi connectivity index (χ2v) is 6.12. The van der Waals surface area contributed by atoms with Crippen LogP contribution in [0.3, 0.4) is 0 Å². The summed E-state index contributed by atoms with van der Waals surface area (Å²) in [7, 11) is 2.04. The van der Waals surface area contributed by atoms with Crippen LogP contribution in [-0.2, 0) is 0 Å². The van der Waals surface area contributed by atoms with Gasteiger partial charge in [-0.25, -0.2) is 0 Å². The van der Waals surface area contributed by atoms with E-state index in [9.17, 15) is 0 Å². The Balaban J connectivity index is 3.65. The maximum atomic E-state index is 3.74. The average Bonchev–Trinajstić information content (AvgIpc) is 2.03. The lowest BCUT2D eigenvalue weighted by molar-refractivity contribution is 0.576. The Morgan fingerprint density at radius 1 is 1.46 bits per heavy atom. The highest BCUT2D eigenvalue weighted by Gasteiger charge is 2.13. The first-order valence-corrected chi connectivity index (χ1v) is 5.90. The molecule has 0 bridgehead atoms. The SMILES string of the molecule is C=CCCC(CSC(C)(C)C)NC. The minimum atomic E-state index is 0.378. The quantitative estimate of drug-likeness (QED) is 0.663. The Bertz CT molecular complexity index is 138. The van der Waals surface area contributed by atoms with Crippen LogP contribution < -0.4 is 5.32 Å². The Hall–Kier alpha value is 0.0500. The largest absolute Gasteiger partial charge is 0.316 e. The second kappa shape index (κ2) is 6.50. The summed E-state index contributed by atoms with van der Waals surface area (Å²) in [4.78, 5) is 0. The van der Waals surface area contributed by atoms with Gasteiger partial charge in [0.15, 0.2) is 0 Å². The van der Waals surface area contributed by atoms with Crippen molar-refractivity contribution in [2.75, 3.05) is 12.8 Å². The van der Waals surface area contributed by atoms with Crippen molar-refractivity contribution in [1.82, 2.24) is 5.32 Å². The Labute approximate surface area is 87.4 Å². The van der Waals surface area contributed by atoms with Gasteiger partial charge >= 0.3 is 0 Å². The van der Waals surface area contributed by atoms with Crippen LogP contribution in [0, 0.1) is 0 Å². The zero-order chi connectivity index (χ0) is 10.3. The lowest BCUT2D eigenvalue weighted by Crippen LogP contribution is -2.29. The summed E-state index contributed by atoms with van der Waals surface area (Å²) in [6.07, 6.45) is 4.30. The molecule has 13 heavy (non-hydrogen) atoms. The van der Waals surface area contributed by atoms with Crippen LogP contribution in [0.4, 0.5) is 0 Å². The van der Waals surface area contributed by atoms with Gasteiger partial charge in [0.1, 0.15) is 0 Å². The molecule has 0 aliphatic heterocycles. The summed E-state index contributed by atoms with van der Waals surface area (Å²) in [5.41, 5.74) is 0. The van der Waals surface area contributed by atoms with E-state index in [2.05, 4.69) is 32.7 Å². The molecule has 0 aliphatic rings. The van der Waals surface area contributed by atoms with Gasteiger partial charge in [0, 0.05) is 16.5 Å². The van der Waals surface area contributed by atoms with E-state index >= 15 is 0 Å². The molecule has 0 amide bonds. The first kappa shape index (κ1) is 13.1.